The lowest BCUT2D eigenvalue weighted by atomic mass is 10.1. The molecule has 35 heavy (non-hydrogen) atoms. The van der Waals surface area contributed by atoms with Crippen LogP contribution in [0.3, 0.4) is 0 Å². The molecule has 1 saturated heterocycles. The molecule has 0 aliphatic carbocycles. The molecule has 0 saturated carbocycles. The van der Waals surface area contributed by atoms with Crippen LogP contribution in [0.15, 0.2) is 59.2 Å². The van der Waals surface area contributed by atoms with E-state index in [1.165, 1.54) is 33.5 Å². The van der Waals surface area contributed by atoms with Gasteiger partial charge >= 0.3 is 0 Å². The molecule has 3 aromatic rings. The number of methoxy groups -OCH3 is 3. The van der Waals surface area contributed by atoms with E-state index in [2.05, 4.69) is 15.1 Å². The zero-order valence-electron chi connectivity index (χ0n) is 20.1. The van der Waals surface area contributed by atoms with Gasteiger partial charge in [0.2, 0.25) is 5.75 Å². The van der Waals surface area contributed by atoms with E-state index >= 15 is 0 Å². The number of ether oxygens (including phenoxy) is 3. The number of carbonyl (C=O) groups excluding carboxylic acids is 1. The highest BCUT2D eigenvalue weighted by Crippen LogP contribution is 2.39. The van der Waals surface area contributed by atoms with Crippen LogP contribution >= 0.6 is 0 Å². The van der Waals surface area contributed by atoms with Gasteiger partial charge in [-0.1, -0.05) is 0 Å². The third-order valence-corrected chi connectivity index (χ3v) is 6.22. The summed E-state index contributed by atoms with van der Waals surface area (Å²) in [5.74, 6) is 1.40. The number of piperazine rings is 1. The molecule has 1 fully saturated rings. The van der Waals surface area contributed by atoms with Gasteiger partial charge in [0, 0.05) is 38.4 Å². The van der Waals surface area contributed by atoms with Gasteiger partial charge in [0.15, 0.2) is 11.5 Å². The monoisotopic (exact) mass is 483 g/mol. The molecule has 0 radical (unpaired) electrons. The lowest BCUT2D eigenvalue weighted by molar-refractivity contribution is 0.0919. The van der Waals surface area contributed by atoms with Crippen molar-refractivity contribution >= 4 is 11.6 Å². The van der Waals surface area contributed by atoms with Crippen LogP contribution in [-0.4, -0.2) is 64.9 Å². The number of anilines is 1. The minimum absolute atomic E-state index is 0.143. The lowest BCUT2D eigenvalue weighted by Crippen LogP contribution is -2.49. The number of rotatable bonds is 9. The van der Waals surface area contributed by atoms with Gasteiger partial charge in [-0.2, -0.15) is 0 Å². The standard InChI is InChI=1S/C26H30FN3O5/c1-32-23-11-10-20(24(33-2)25(23)34-3)26(31)28-17-21(22-5-4-16-35-22)30-14-12-29(13-15-30)19-8-6-18(27)7-9-19/h4-11,16,21H,12-15,17H2,1-3H3,(H,28,31). The number of carbonyl (C=O) groups is 1. The number of furan rings is 1. The van der Waals surface area contributed by atoms with Crippen LogP contribution in [-0.2, 0) is 0 Å². The van der Waals surface area contributed by atoms with Crippen LogP contribution in [0.25, 0.3) is 0 Å². The van der Waals surface area contributed by atoms with Crippen LogP contribution in [0.4, 0.5) is 10.1 Å². The lowest BCUT2D eigenvalue weighted by Gasteiger charge is -2.39. The number of halogens is 1. The smallest absolute Gasteiger partial charge is 0.255 e. The van der Waals surface area contributed by atoms with Gasteiger partial charge in [-0.3, -0.25) is 9.69 Å². The molecule has 1 aliphatic heterocycles. The Labute approximate surface area is 204 Å². The summed E-state index contributed by atoms with van der Waals surface area (Å²) in [4.78, 5) is 17.6. The first-order valence-electron chi connectivity index (χ1n) is 11.4. The molecule has 1 aliphatic rings. The summed E-state index contributed by atoms with van der Waals surface area (Å²) < 4.78 is 35.2. The zero-order valence-corrected chi connectivity index (χ0v) is 20.1. The highest BCUT2D eigenvalue weighted by molar-refractivity contribution is 5.98. The molecular formula is C26H30FN3O5. The van der Waals surface area contributed by atoms with E-state index in [1.807, 2.05) is 12.1 Å². The summed E-state index contributed by atoms with van der Waals surface area (Å²) in [7, 11) is 4.52. The Balaban J connectivity index is 1.46. The SMILES string of the molecule is COc1ccc(C(=O)NCC(c2ccco2)N2CCN(c3ccc(F)cc3)CC2)c(OC)c1OC. The van der Waals surface area contributed by atoms with Crippen LogP contribution < -0.4 is 24.4 Å². The summed E-state index contributed by atoms with van der Waals surface area (Å²) >= 11 is 0. The number of hydrogen-bond donors (Lipinski definition) is 1. The van der Waals surface area contributed by atoms with Gasteiger partial charge in [-0.15, -0.1) is 0 Å². The average Bonchev–Trinajstić information content (AvgIpc) is 3.43. The Morgan fingerprint density at radius 1 is 0.971 bits per heavy atom. The molecule has 1 atom stereocenters. The number of hydrogen-bond acceptors (Lipinski definition) is 7. The Morgan fingerprint density at radius 3 is 2.29 bits per heavy atom. The van der Waals surface area contributed by atoms with Crippen molar-refractivity contribution in [1.29, 1.82) is 0 Å². The van der Waals surface area contributed by atoms with Crippen LogP contribution in [0, 0.1) is 5.82 Å². The van der Waals surface area contributed by atoms with Crippen molar-refractivity contribution in [3.8, 4) is 17.2 Å². The third-order valence-electron chi connectivity index (χ3n) is 6.22. The first-order chi connectivity index (χ1) is 17.0. The summed E-state index contributed by atoms with van der Waals surface area (Å²) in [5, 5.41) is 3.03. The zero-order chi connectivity index (χ0) is 24.8. The van der Waals surface area contributed by atoms with Crippen molar-refractivity contribution in [3.63, 3.8) is 0 Å². The van der Waals surface area contributed by atoms with E-state index in [1.54, 1.807) is 30.5 Å². The third kappa shape index (κ3) is 5.35. The van der Waals surface area contributed by atoms with Gasteiger partial charge in [-0.25, -0.2) is 4.39 Å². The summed E-state index contributed by atoms with van der Waals surface area (Å²) in [6.45, 7) is 3.43. The predicted molar refractivity (Wildman–Crippen MR) is 130 cm³/mol. The van der Waals surface area contributed by atoms with E-state index in [4.69, 9.17) is 18.6 Å². The quantitative estimate of drug-likeness (QED) is 0.497. The van der Waals surface area contributed by atoms with Crippen molar-refractivity contribution in [2.75, 3.05) is 59.0 Å². The number of benzene rings is 2. The minimum Gasteiger partial charge on any atom is -0.493 e. The Bertz CT molecular complexity index is 1110. The van der Waals surface area contributed by atoms with Crippen LogP contribution in [0.2, 0.25) is 0 Å². The van der Waals surface area contributed by atoms with E-state index in [0.717, 1.165) is 37.6 Å². The molecule has 2 heterocycles. The maximum atomic E-state index is 13.3. The fraction of sp³-hybridized carbons (Fsp3) is 0.346. The van der Waals surface area contributed by atoms with E-state index in [9.17, 15) is 9.18 Å². The molecule has 9 heteroatoms. The maximum absolute atomic E-state index is 13.3. The second kappa shape index (κ2) is 11.1. The highest BCUT2D eigenvalue weighted by atomic mass is 19.1. The molecule has 1 N–H and O–H groups in total. The van der Waals surface area contributed by atoms with Crippen molar-refractivity contribution in [2.24, 2.45) is 0 Å². The molecule has 2 aromatic carbocycles. The van der Waals surface area contributed by atoms with Crippen molar-refractivity contribution in [1.82, 2.24) is 10.2 Å². The number of amides is 1. The van der Waals surface area contributed by atoms with E-state index < -0.39 is 0 Å². The molecule has 1 aromatic heterocycles. The fourth-order valence-corrected chi connectivity index (χ4v) is 4.40. The second-order valence-electron chi connectivity index (χ2n) is 8.12. The fourth-order valence-electron chi connectivity index (χ4n) is 4.40. The summed E-state index contributed by atoms with van der Waals surface area (Å²) in [6, 6.07) is 13.5. The largest absolute Gasteiger partial charge is 0.493 e. The van der Waals surface area contributed by atoms with Gasteiger partial charge < -0.3 is 28.8 Å². The van der Waals surface area contributed by atoms with E-state index in [-0.39, 0.29) is 17.8 Å². The van der Waals surface area contributed by atoms with Crippen molar-refractivity contribution in [3.05, 3.63) is 71.9 Å². The summed E-state index contributed by atoms with van der Waals surface area (Å²) in [6.07, 6.45) is 1.64. The molecule has 8 nitrogen and oxygen atoms in total. The number of nitrogens with zero attached hydrogens (tertiary/aromatic N) is 2. The molecule has 186 valence electrons. The summed E-state index contributed by atoms with van der Waals surface area (Å²) in [5.41, 5.74) is 1.35. The molecule has 0 bridgehead atoms. The maximum Gasteiger partial charge on any atom is 0.255 e. The Morgan fingerprint density at radius 2 is 1.69 bits per heavy atom. The van der Waals surface area contributed by atoms with E-state index in [0.29, 0.717) is 29.4 Å². The van der Waals surface area contributed by atoms with Crippen LogP contribution in [0.5, 0.6) is 17.2 Å². The molecule has 0 spiro atoms. The van der Waals surface area contributed by atoms with Crippen LogP contribution in [0.1, 0.15) is 22.2 Å². The van der Waals surface area contributed by atoms with Crippen molar-refractivity contribution in [2.45, 2.75) is 6.04 Å². The Kier molecular flexibility index (Phi) is 7.77. The second-order valence-corrected chi connectivity index (χ2v) is 8.12. The molecule has 1 amide bonds. The van der Waals surface area contributed by atoms with Gasteiger partial charge in [0.05, 0.1) is 39.2 Å². The highest BCUT2D eigenvalue weighted by Gasteiger charge is 2.28. The minimum atomic E-state index is -0.288. The Hall–Kier alpha value is -3.72. The molecule has 1 unspecified atom stereocenters. The predicted octanol–water partition coefficient (Wildman–Crippen LogP) is 3.74. The average molecular weight is 484 g/mol. The first kappa shape index (κ1) is 24.4. The van der Waals surface area contributed by atoms with Gasteiger partial charge in [0.25, 0.3) is 5.91 Å². The topological polar surface area (TPSA) is 76.4 Å². The van der Waals surface area contributed by atoms with Crippen molar-refractivity contribution < 1.29 is 27.8 Å². The normalized spacial score (nSPS) is 14.9. The first-order valence-corrected chi connectivity index (χ1v) is 11.4. The molecular weight excluding hydrogens is 453 g/mol. The van der Waals surface area contributed by atoms with Gasteiger partial charge in [-0.05, 0) is 48.5 Å². The molecule has 4 rings (SSSR count). The number of nitrogens with one attached hydrogen (secondary N) is 1. The van der Waals surface area contributed by atoms with Gasteiger partial charge in [0.1, 0.15) is 11.6 Å².